The van der Waals surface area contributed by atoms with Gasteiger partial charge in [-0.3, -0.25) is 0 Å². The molecule has 1 aliphatic rings. The molecule has 4 nitrogen and oxygen atoms in total. The van der Waals surface area contributed by atoms with E-state index in [9.17, 15) is 8.42 Å². The first-order chi connectivity index (χ1) is 9.20. The van der Waals surface area contributed by atoms with Crippen LogP contribution in [0.3, 0.4) is 0 Å². The second kappa shape index (κ2) is 5.75. The van der Waals surface area contributed by atoms with Crippen LogP contribution in [0, 0.1) is 0 Å². The van der Waals surface area contributed by atoms with Gasteiger partial charge in [0, 0.05) is 17.0 Å². The summed E-state index contributed by atoms with van der Waals surface area (Å²) < 4.78 is 28.2. The molecule has 0 aromatic carbocycles. The predicted octanol–water partition coefficient (Wildman–Crippen LogP) is 2.46. The van der Waals surface area contributed by atoms with Gasteiger partial charge >= 0.3 is 0 Å². The van der Waals surface area contributed by atoms with Gasteiger partial charge in [0.2, 0.25) is 10.0 Å². The average Bonchev–Trinajstić information content (AvgIpc) is 2.81. The van der Waals surface area contributed by atoms with Gasteiger partial charge in [-0.2, -0.15) is 0 Å². The summed E-state index contributed by atoms with van der Waals surface area (Å²) in [5.41, 5.74) is -0.0158. The molecule has 1 aliphatic heterocycles. The summed E-state index contributed by atoms with van der Waals surface area (Å²) in [6.07, 6.45) is 1.90. The van der Waals surface area contributed by atoms with Crippen molar-refractivity contribution in [2.24, 2.45) is 0 Å². The summed E-state index contributed by atoms with van der Waals surface area (Å²) in [5.74, 6) is 0. The lowest BCUT2D eigenvalue weighted by molar-refractivity contribution is 0.349. The molecule has 20 heavy (non-hydrogen) atoms. The molecule has 114 valence electrons. The van der Waals surface area contributed by atoms with E-state index in [1.807, 2.05) is 13.0 Å². The van der Waals surface area contributed by atoms with E-state index < -0.39 is 10.0 Å². The van der Waals surface area contributed by atoms with Crippen molar-refractivity contribution in [3.63, 3.8) is 0 Å². The fraction of sp³-hybridized carbons (Fsp3) is 0.714. The van der Waals surface area contributed by atoms with E-state index in [2.05, 4.69) is 30.8 Å². The molecule has 2 N–H and O–H groups in total. The van der Waals surface area contributed by atoms with Gasteiger partial charge in [-0.05, 0) is 43.9 Å². The van der Waals surface area contributed by atoms with Gasteiger partial charge in [-0.15, -0.1) is 11.3 Å². The number of rotatable bonds is 3. The maximum Gasteiger partial charge on any atom is 0.250 e. The van der Waals surface area contributed by atoms with Crippen LogP contribution in [0.15, 0.2) is 16.3 Å². The summed E-state index contributed by atoms with van der Waals surface area (Å²) in [4.78, 5) is 1.09. The molecule has 2 atom stereocenters. The van der Waals surface area contributed by atoms with Crippen LogP contribution in [0.5, 0.6) is 0 Å². The van der Waals surface area contributed by atoms with Gasteiger partial charge in [0.15, 0.2) is 0 Å². The summed E-state index contributed by atoms with van der Waals surface area (Å²) in [6.45, 7) is 9.27. The maximum atomic E-state index is 12.5. The number of hydrogen-bond acceptors (Lipinski definition) is 4. The number of thiophene rings is 1. The Hall–Kier alpha value is -0.430. The quantitative estimate of drug-likeness (QED) is 0.900. The van der Waals surface area contributed by atoms with Crippen molar-refractivity contribution >= 4 is 21.4 Å². The summed E-state index contributed by atoms with van der Waals surface area (Å²) in [7, 11) is -3.40. The molecule has 1 aromatic heterocycles. The molecular formula is C14H24N2O2S2. The lowest BCUT2D eigenvalue weighted by atomic mass is 9.95. The zero-order chi connectivity index (χ0) is 15.0. The molecule has 0 bridgehead atoms. The van der Waals surface area contributed by atoms with E-state index in [0.29, 0.717) is 4.21 Å². The minimum atomic E-state index is -3.40. The predicted molar refractivity (Wildman–Crippen MR) is 83.8 cm³/mol. The Morgan fingerprint density at radius 2 is 2.05 bits per heavy atom. The van der Waals surface area contributed by atoms with Gasteiger partial charge in [0.25, 0.3) is 0 Å². The zero-order valence-electron chi connectivity index (χ0n) is 12.6. The Labute approximate surface area is 126 Å². The highest BCUT2D eigenvalue weighted by molar-refractivity contribution is 7.91. The standard InChI is InChI=1S/C14H24N2O2S2/c1-10-11(6-5-9-15-10)16-20(17,18)13-8-7-12(19-13)14(2,3)4/h7-8,10-11,15-16H,5-6,9H2,1-4H3. The highest BCUT2D eigenvalue weighted by Crippen LogP contribution is 2.31. The number of sulfonamides is 1. The third kappa shape index (κ3) is 3.61. The Morgan fingerprint density at radius 1 is 1.35 bits per heavy atom. The van der Waals surface area contributed by atoms with Crippen molar-refractivity contribution in [3.05, 3.63) is 17.0 Å². The van der Waals surface area contributed by atoms with Crippen LogP contribution in [0.2, 0.25) is 0 Å². The first-order valence-electron chi connectivity index (χ1n) is 7.06. The normalized spacial score (nSPS) is 24.8. The van der Waals surface area contributed by atoms with Gasteiger partial charge < -0.3 is 5.32 Å². The van der Waals surface area contributed by atoms with E-state index in [4.69, 9.17) is 0 Å². The Bertz CT molecular complexity index is 558. The molecule has 2 heterocycles. The second-order valence-corrected chi connectivity index (χ2v) is 9.51. The third-order valence-corrected chi connectivity index (χ3v) is 7.15. The first-order valence-corrected chi connectivity index (χ1v) is 9.36. The van der Waals surface area contributed by atoms with Gasteiger partial charge in [-0.1, -0.05) is 20.8 Å². The van der Waals surface area contributed by atoms with E-state index in [-0.39, 0.29) is 17.5 Å². The molecule has 1 fully saturated rings. The smallest absolute Gasteiger partial charge is 0.250 e. The largest absolute Gasteiger partial charge is 0.313 e. The van der Waals surface area contributed by atoms with E-state index in [1.165, 1.54) is 11.3 Å². The van der Waals surface area contributed by atoms with E-state index in [1.54, 1.807) is 6.07 Å². The molecule has 0 saturated carbocycles. The molecule has 0 radical (unpaired) electrons. The molecule has 2 unspecified atom stereocenters. The maximum absolute atomic E-state index is 12.5. The van der Waals surface area contributed by atoms with Gasteiger partial charge in [0.05, 0.1) is 0 Å². The van der Waals surface area contributed by atoms with Gasteiger partial charge in [-0.25, -0.2) is 13.1 Å². The van der Waals surface area contributed by atoms with Crippen molar-refractivity contribution in [1.29, 1.82) is 0 Å². The van der Waals surface area contributed by atoms with Crippen LogP contribution >= 0.6 is 11.3 Å². The first kappa shape index (κ1) is 15.9. The monoisotopic (exact) mass is 316 g/mol. The third-order valence-electron chi connectivity index (χ3n) is 3.65. The minimum absolute atomic E-state index is 0.0158. The van der Waals surface area contributed by atoms with Crippen LogP contribution in [-0.2, 0) is 15.4 Å². The number of piperidine rings is 1. The topological polar surface area (TPSA) is 58.2 Å². The zero-order valence-corrected chi connectivity index (χ0v) is 14.2. The van der Waals surface area contributed by atoms with Crippen LogP contribution in [0.25, 0.3) is 0 Å². The molecule has 0 spiro atoms. The van der Waals surface area contributed by atoms with Crippen LogP contribution in [-0.4, -0.2) is 27.0 Å². The van der Waals surface area contributed by atoms with Gasteiger partial charge in [0.1, 0.15) is 4.21 Å². The molecule has 0 amide bonds. The Morgan fingerprint density at radius 3 is 2.60 bits per heavy atom. The molecule has 1 saturated heterocycles. The van der Waals surface area contributed by atoms with Crippen molar-refractivity contribution in [1.82, 2.24) is 10.0 Å². The van der Waals surface area contributed by atoms with Crippen molar-refractivity contribution in [2.45, 2.75) is 62.2 Å². The SMILES string of the molecule is CC1NCCCC1NS(=O)(=O)c1ccc(C(C)(C)C)s1. The van der Waals surface area contributed by atoms with Crippen LogP contribution in [0.4, 0.5) is 0 Å². The molecule has 1 aromatic rings. The highest BCUT2D eigenvalue weighted by Gasteiger charge is 2.28. The molecule has 2 rings (SSSR count). The summed E-state index contributed by atoms with van der Waals surface area (Å²) in [6, 6.07) is 3.80. The Kier molecular flexibility index (Phi) is 4.59. The Balaban J connectivity index is 2.16. The average molecular weight is 316 g/mol. The fourth-order valence-corrected chi connectivity index (χ4v) is 5.06. The summed E-state index contributed by atoms with van der Waals surface area (Å²) >= 11 is 1.37. The van der Waals surface area contributed by atoms with Crippen molar-refractivity contribution in [2.75, 3.05) is 6.54 Å². The number of hydrogen-bond donors (Lipinski definition) is 2. The minimum Gasteiger partial charge on any atom is -0.313 e. The number of nitrogens with one attached hydrogen (secondary N) is 2. The van der Waals surface area contributed by atoms with Crippen molar-refractivity contribution in [3.8, 4) is 0 Å². The lowest BCUT2D eigenvalue weighted by Gasteiger charge is -2.30. The van der Waals surface area contributed by atoms with E-state index >= 15 is 0 Å². The van der Waals surface area contributed by atoms with E-state index in [0.717, 1.165) is 24.3 Å². The fourth-order valence-electron chi connectivity index (χ4n) is 2.33. The molecular weight excluding hydrogens is 292 g/mol. The molecule has 0 aliphatic carbocycles. The van der Waals surface area contributed by atoms with Crippen molar-refractivity contribution < 1.29 is 8.42 Å². The van der Waals surface area contributed by atoms with Crippen LogP contribution in [0.1, 0.15) is 45.4 Å². The molecule has 6 heteroatoms. The van der Waals surface area contributed by atoms with Crippen LogP contribution < -0.4 is 10.0 Å². The lowest BCUT2D eigenvalue weighted by Crippen LogP contribution is -2.51. The second-order valence-electron chi connectivity index (χ2n) is 6.48. The highest BCUT2D eigenvalue weighted by atomic mass is 32.2. The summed E-state index contributed by atoms with van der Waals surface area (Å²) in [5, 5.41) is 3.31.